The number of rotatable bonds is 7. The van der Waals surface area contributed by atoms with Gasteiger partial charge in [0, 0.05) is 0 Å². The van der Waals surface area contributed by atoms with E-state index >= 15 is 0 Å². The van der Waals surface area contributed by atoms with Crippen LogP contribution in [0.25, 0.3) is 0 Å². The average Bonchev–Trinajstić information content (AvgIpc) is 2.42. The van der Waals surface area contributed by atoms with Crippen molar-refractivity contribution in [3.63, 3.8) is 0 Å². The fourth-order valence-corrected chi connectivity index (χ4v) is 2.91. The van der Waals surface area contributed by atoms with Crippen molar-refractivity contribution in [2.75, 3.05) is 0 Å². The molecule has 0 aliphatic rings. The van der Waals surface area contributed by atoms with Crippen molar-refractivity contribution in [2.24, 2.45) is 0 Å². The Balaban J connectivity index is 3.33. The molecule has 0 saturated heterocycles. The van der Waals surface area contributed by atoms with E-state index in [1.165, 1.54) is 47.9 Å². The number of phenolic OH excluding ortho intramolecular Hbond substituents is 1. The summed E-state index contributed by atoms with van der Waals surface area (Å²) in [6.45, 7) is 10.9. The van der Waals surface area contributed by atoms with Crippen LogP contribution in [0.1, 0.15) is 74.3 Å². The molecule has 0 fully saturated rings. The Morgan fingerprint density at radius 2 is 1.26 bits per heavy atom. The van der Waals surface area contributed by atoms with Crippen LogP contribution in [0.2, 0.25) is 0 Å². The van der Waals surface area contributed by atoms with E-state index in [2.05, 4.69) is 34.6 Å². The predicted molar refractivity (Wildman–Crippen MR) is 84.2 cm³/mol. The molecule has 0 aliphatic heterocycles. The normalized spacial score (nSPS) is 11.0. The highest BCUT2D eigenvalue weighted by molar-refractivity contribution is 5.54. The van der Waals surface area contributed by atoms with Crippen molar-refractivity contribution in [3.05, 3.63) is 27.8 Å². The molecule has 0 aliphatic carbocycles. The second-order valence-electron chi connectivity index (χ2n) is 5.59. The molecule has 1 aromatic rings. The zero-order chi connectivity index (χ0) is 14.4. The molecule has 1 heteroatoms. The summed E-state index contributed by atoms with van der Waals surface area (Å²) in [6, 6.07) is 0. The van der Waals surface area contributed by atoms with E-state index in [4.69, 9.17) is 0 Å². The monoisotopic (exact) mass is 262 g/mol. The molecule has 0 saturated carbocycles. The molecule has 1 rings (SSSR count). The molecular weight excluding hydrogens is 232 g/mol. The Kier molecular flexibility index (Phi) is 6.41. The lowest BCUT2D eigenvalue weighted by atomic mass is 9.85. The third-order valence-electron chi connectivity index (χ3n) is 4.30. The number of unbranched alkanes of at least 4 members (excludes halogenated alkanes) is 2. The Morgan fingerprint density at radius 1 is 0.737 bits per heavy atom. The van der Waals surface area contributed by atoms with Gasteiger partial charge in [0.15, 0.2) is 0 Å². The molecular formula is C18H30O. The summed E-state index contributed by atoms with van der Waals surface area (Å²) in [7, 11) is 0. The minimum absolute atomic E-state index is 0.548. The average molecular weight is 262 g/mol. The van der Waals surface area contributed by atoms with Crippen molar-refractivity contribution < 1.29 is 5.11 Å². The molecule has 0 bridgehead atoms. The summed E-state index contributed by atoms with van der Waals surface area (Å²) >= 11 is 0. The highest BCUT2D eigenvalue weighted by Gasteiger charge is 2.17. The summed E-state index contributed by atoms with van der Waals surface area (Å²) in [5.74, 6) is 0.548. The highest BCUT2D eigenvalue weighted by atomic mass is 16.3. The van der Waals surface area contributed by atoms with E-state index in [1.54, 1.807) is 0 Å². The van der Waals surface area contributed by atoms with E-state index in [0.29, 0.717) is 5.75 Å². The zero-order valence-corrected chi connectivity index (χ0v) is 13.4. The van der Waals surface area contributed by atoms with Crippen molar-refractivity contribution in [1.82, 2.24) is 0 Å². The van der Waals surface area contributed by atoms with Crippen molar-refractivity contribution in [1.29, 1.82) is 0 Å². The number of phenols is 1. The van der Waals surface area contributed by atoms with E-state index < -0.39 is 0 Å². The van der Waals surface area contributed by atoms with Gasteiger partial charge >= 0.3 is 0 Å². The Bertz CT molecular complexity index is 418. The number of aromatic hydroxyl groups is 1. The first-order chi connectivity index (χ1) is 9.08. The maximum Gasteiger partial charge on any atom is 0.122 e. The highest BCUT2D eigenvalue weighted by Crippen LogP contribution is 2.34. The smallest absolute Gasteiger partial charge is 0.122 e. The zero-order valence-electron chi connectivity index (χ0n) is 13.4. The Morgan fingerprint density at radius 3 is 1.74 bits per heavy atom. The lowest BCUT2D eigenvalue weighted by Crippen LogP contribution is -2.06. The Hall–Kier alpha value is -0.980. The second kappa shape index (κ2) is 7.57. The largest absolute Gasteiger partial charge is 0.507 e. The van der Waals surface area contributed by atoms with Gasteiger partial charge in [0.1, 0.15) is 5.75 Å². The van der Waals surface area contributed by atoms with Crippen LogP contribution in [0.15, 0.2) is 0 Å². The molecule has 0 aromatic heterocycles. The van der Waals surface area contributed by atoms with Crippen molar-refractivity contribution in [2.45, 2.75) is 79.6 Å². The molecule has 1 aromatic carbocycles. The van der Waals surface area contributed by atoms with Gasteiger partial charge in [-0.3, -0.25) is 0 Å². The van der Waals surface area contributed by atoms with Gasteiger partial charge in [-0.05, 0) is 73.8 Å². The topological polar surface area (TPSA) is 20.2 Å². The van der Waals surface area contributed by atoms with Crippen molar-refractivity contribution in [3.8, 4) is 5.75 Å². The van der Waals surface area contributed by atoms with Crippen LogP contribution in [-0.4, -0.2) is 5.11 Å². The third-order valence-corrected chi connectivity index (χ3v) is 4.30. The SMILES string of the molecule is CCCCc1c(C)c(C)c(O)c(CC)c1CCCC. The summed E-state index contributed by atoms with van der Waals surface area (Å²) in [6.07, 6.45) is 8.12. The van der Waals surface area contributed by atoms with E-state index in [1.807, 2.05) is 0 Å². The molecule has 0 heterocycles. The van der Waals surface area contributed by atoms with Crippen LogP contribution in [0, 0.1) is 13.8 Å². The van der Waals surface area contributed by atoms with Crippen LogP contribution >= 0.6 is 0 Å². The first kappa shape index (κ1) is 16.1. The molecule has 19 heavy (non-hydrogen) atoms. The number of hydrogen-bond donors (Lipinski definition) is 1. The van der Waals surface area contributed by atoms with Gasteiger partial charge in [0.05, 0.1) is 0 Å². The molecule has 1 N–H and O–H groups in total. The van der Waals surface area contributed by atoms with Gasteiger partial charge in [-0.25, -0.2) is 0 Å². The van der Waals surface area contributed by atoms with Crippen molar-refractivity contribution >= 4 is 0 Å². The minimum Gasteiger partial charge on any atom is -0.507 e. The molecule has 0 radical (unpaired) electrons. The summed E-state index contributed by atoms with van der Waals surface area (Å²) < 4.78 is 0. The maximum atomic E-state index is 10.4. The van der Waals surface area contributed by atoms with E-state index in [-0.39, 0.29) is 0 Å². The minimum atomic E-state index is 0.548. The molecule has 0 spiro atoms. The standard InChI is InChI=1S/C18H30O/c1-6-9-11-16-13(4)14(5)18(19)15(8-3)17(16)12-10-7-2/h19H,6-12H2,1-5H3. The van der Waals surface area contributed by atoms with Crippen LogP contribution < -0.4 is 0 Å². The molecule has 0 amide bonds. The first-order valence-corrected chi connectivity index (χ1v) is 7.91. The quantitative estimate of drug-likeness (QED) is 0.711. The third kappa shape index (κ3) is 3.52. The van der Waals surface area contributed by atoms with E-state index in [9.17, 15) is 5.11 Å². The summed E-state index contributed by atoms with van der Waals surface area (Å²) in [5.41, 5.74) is 6.56. The molecule has 0 atom stereocenters. The van der Waals surface area contributed by atoms with Gasteiger partial charge in [0.2, 0.25) is 0 Å². The van der Waals surface area contributed by atoms with Gasteiger partial charge in [0.25, 0.3) is 0 Å². The number of hydrogen-bond acceptors (Lipinski definition) is 1. The number of benzene rings is 1. The van der Waals surface area contributed by atoms with Gasteiger partial charge in [-0.2, -0.15) is 0 Å². The maximum absolute atomic E-state index is 10.4. The van der Waals surface area contributed by atoms with Gasteiger partial charge in [-0.1, -0.05) is 33.6 Å². The predicted octanol–water partition coefficient (Wildman–Crippen LogP) is 5.26. The van der Waals surface area contributed by atoms with Crippen LogP contribution in [-0.2, 0) is 19.3 Å². The van der Waals surface area contributed by atoms with Crippen LogP contribution in [0.4, 0.5) is 0 Å². The fraction of sp³-hybridized carbons (Fsp3) is 0.667. The molecule has 1 nitrogen and oxygen atoms in total. The lowest BCUT2D eigenvalue weighted by Gasteiger charge is -2.21. The van der Waals surface area contributed by atoms with E-state index in [0.717, 1.165) is 24.8 Å². The molecule has 0 unspecified atom stereocenters. The van der Waals surface area contributed by atoms with Crippen LogP contribution in [0.5, 0.6) is 5.75 Å². The lowest BCUT2D eigenvalue weighted by molar-refractivity contribution is 0.462. The van der Waals surface area contributed by atoms with Gasteiger partial charge in [-0.15, -0.1) is 0 Å². The fourth-order valence-electron chi connectivity index (χ4n) is 2.91. The van der Waals surface area contributed by atoms with Gasteiger partial charge < -0.3 is 5.11 Å². The Labute approximate surface area is 119 Å². The second-order valence-corrected chi connectivity index (χ2v) is 5.59. The summed E-state index contributed by atoms with van der Waals surface area (Å²) in [5, 5.41) is 10.4. The molecule has 108 valence electrons. The summed E-state index contributed by atoms with van der Waals surface area (Å²) in [4.78, 5) is 0. The van der Waals surface area contributed by atoms with Crippen LogP contribution in [0.3, 0.4) is 0 Å². The first-order valence-electron chi connectivity index (χ1n) is 7.91.